The SMILES string of the molecule is C[C@H]1CN2CCC1[C@@H](OC(=O)C(N)c1ccccc1)C2. The van der Waals surface area contributed by atoms with Gasteiger partial charge in [-0.3, -0.25) is 4.90 Å². The van der Waals surface area contributed by atoms with Gasteiger partial charge in [-0.25, -0.2) is 4.79 Å². The molecule has 4 rings (SSSR count). The van der Waals surface area contributed by atoms with Crippen LogP contribution >= 0.6 is 0 Å². The van der Waals surface area contributed by atoms with Crippen molar-refractivity contribution in [2.24, 2.45) is 17.6 Å². The minimum Gasteiger partial charge on any atom is -0.459 e. The van der Waals surface area contributed by atoms with Gasteiger partial charge in [0, 0.05) is 19.0 Å². The number of piperidine rings is 3. The van der Waals surface area contributed by atoms with Gasteiger partial charge in [0.05, 0.1) is 0 Å². The van der Waals surface area contributed by atoms with Crippen molar-refractivity contribution in [2.75, 3.05) is 19.6 Å². The van der Waals surface area contributed by atoms with E-state index in [4.69, 9.17) is 10.5 Å². The van der Waals surface area contributed by atoms with Crippen molar-refractivity contribution >= 4 is 5.97 Å². The fourth-order valence-electron chi connectivity index (χ4n) is 3.50. The average Bonchev–Trinajstić information content (AvgIpc) is 2.47. The second-order valence-corrected chi connectivity index (χ2v) is 6.05. The van der Waals surface area contributed by atoms with Gasteiger partial charge in [0.1, 0.15) is 12.1 Å². The maximum Gasteiger partial charge on any atom is 0.327 e. The van der Waals surface area contributed by atoms with Gasteiger partial charge >= 0.3 is 5.97 Å². The average molecular weight is 274 g/mol. The standard InChI is InChI=1S/C16H22N2O2/c1-11-9-18-8-7-13(11)14(10-18)20-16(19)15(17)12-5-3-2-4-6-12/h2-6,11,13-15H,7-10,17H2,1H3/t11-,13?,14-,15?/m0/s1. The molecule has 0 saturated carbocycles. The molecule has 5 atom stereocenters. The summed E-state index contributed by atoms with van der Waals surface area (Å²) < 4.78 is 5.71. The van der Waals surface area contributed by atoms with Crippen molar-refractivity contribution in [2.45, 2.75) is 25.5 Å². The van der Waals surface area contributed by atoms with Crippen molar-refractivity contribution < 1.29 is 9.53 Å². The van der Waals surface area contributed by atoms with Crippen LogP contribution in [-0.2, 0) is 9.53 Å². The van der Waals surface area contributed by atoms with Crippen LogP contribution < -0.4 is 5.73 Å². The van der Waals surface area contributed by atoms with E-state index in [1.165, 1.54) is 0 Å². The monoisotopic (exact) mass is 274 g/mol. The van der Waals surface area contributed by atoms with E-state index >= 15 is 0 Å². The Morgan fingerprint density at radius 3 is 2.75 bits per heavy atom. The smallest absolute Gasteiger partial charge is 0.327 e. The Hall–Kier alpha value is -1.39. The minimum atomic E-state index is -0.679. The molecule has 0 aromatic heterocycles. The number of benzene rings is 1. The Kier molecular flexibility index (Phi) is 3.76. The van der Waals surface area contributed by atoms with Crippen molar-refractivity contribution in [3.63, 3.8) is 0 Å². The highest BCUT2D eigenvalue weighted by molar-refractivity contribution is 5.77. The van der Waals surface area contributed by atoms with E-state index in [0.717, 1.165) is 31.6 Å². The molecule has 3 aliphatic heterocycles. The zero-order valence-electron chi connectivity index (χ0n) is 11.9. The molecule has 3 unspecified atom stereocenters. The van der Waals surface area contributed by atoms with Gasteiger partial charge in [-0.1, -0.05) is 37.3 Å². The molecular formula is C16H22N2O2. The van der Waals surface area contributed by atoms with E-state index in [1.54, 1.807) is 0 Å². The van der Waals surface area contributed by atoms with Crippen molar-refractivity contribution in [3.05, 3.63) is 35.9 Å². The van der Waals surface area contributed by atoms with Crippen molar-refractivity contribution in [1.82, 2.24) is 4.90 Å². The van der Waals surface area contributed by atoms with E-state index in [9.17, 15) is 4.79 Å². The number of ether oxygens (including phenoxy) is 1. The molecule has 0 aliphatic carbocycles. The second-order valence-electron chi connectivity index (χ2n) is 6.05. The number of carbonyl (C=O) groups is 1. The van der Waals surface area contributed by atoms with E-state index in [-0.39, 0.29) is 12.1 Å². The number of esters is 1. The summed E-state index contributed by atoms with van der Waals surface area (Å²) in [5, 5.41) is 0. The number of rotatable bonds is 3. The van der Waals surface area contributed by atoms with Crippen LogP contribution in [0.5, 0.6) is 0 Å². The van der Waals surface area contributed by atoms with Gasteiger partial charge < -0.3 is 10.5 Å². The molecule has 0 spiro atoms. The molecule has 1 aromatic rings. The molecule has 3 fully saturated rings. The number of hydrogen-bond donors (Lipinski definition) is 1. The maximum absolute atomic E-state index is 12.2. The summed E-state index contributed by atoms with van der Waals surface area (Å²) in [4.78, 5) is 14.6. The summed E-state index contributed by atoms with van der Waals surface area (Å²) in [6, 6.07) is 8.74. The van der Waals surface area contributed by atoms with Crippen molar-refractivity contribution in [1.29, 1.82) is 0 Å². The van der Waals surface area contributed by atoms with Crippen LogP contribution in [0.4, 0.5) is 0 Å². The maximum atomic E-state index is 12.2. The highest BCUT2D eigenvalue weighted by atomic mass is 16.5. The zero-order valence-corrected chi connectivity index (χ0v) is 11.9. The Morgan fingerprint density at radius 1 is 1.35 bits per heavy atom. The largest absolute Gasteiger partial charge is 0.459 e. The van der Waals surface area contributed by atoms with Gasteiger partial charge in [0.2, 0.25) is 0 Å². The molecule has 108 valence electrons. The molecule has 1 aromatic carbocycles. The lowest BCUT2D eigenvalue weighted by molar-refractivity contribution is -0.163. The minimum absolute atomic E-state index is 0.00904. The summed E-state index contributed by atoms with van der Waals surface area (Å²) >= 11 is 0. The topological polar surface area (TPSA) is 55.6 Å². The zero-order chi connectivity index (χ0) is 14.1. The predicted octanol–water partition coefficient (Wildman–Crippen LogP) is 1.57. The third-order valence-electron chi connectivity index (χ3n) is 4.65. The molecule has 3 saturated heterocycles. The lowest BCUT2D eigenvalue weighted by Crippen LogP contribution is -2.56. The van der Waals surface area contributed by atoms with E-state index < -0.39 is 6.04 Å². The first kappa shape index (κ1) is 13.6. The fourth-order valence-corrected chi connectivity index (χ4v) is 3.50. The van der Waals surface area contributed by atoms with Crippen LogP contribution in [0.25, 0.3) is 0 Å². The Bertz CT molecular complexity index is 477. The van der Waals surface area contributed by atoms with E-state index in [2.05, 4.69) is 11.8 Å². The van der Waals surface area contributed by atoms with E-state index in [0.29, 0.717) is 11.8 Å². The third-order valence-corrected chi connectivity index (χ3v) is 4.65. The molecule has 3 aliphatic rings. The summed E-state index contributed by atoms with van der Waals surface area (Å²) in [5.74, 6) is 0.789. The van der Waals surface area contributed by atoms with Gasteiger partial charge in [-0.15, -0.1) is 0 Å². The fraction of sp³-hybridized carbons (Fsp3) is 0.562. The summed E-state index contributed by atoms with van der Waals surface area (Å²) in [5.41, 5.74) is 6.81. The third kappa shape index (κ3) is 2.58. The molecule has 0 amide bonds. The lowest BCUT2D eigenvalue weighted by atomic mass is 9.78. The number of nitrogens with zero attached hydrogens (tertiary/aromatic N) is 1. The van der Waals surface area contributed by atoms with Crippen LogP contribution in [0.2, 0.25) is 0 Å². The number of carbonyl (C=O) groups excluding carboxylic acids is 1. The summed E-state index contributed by atoms with van der Waals surface area (Å²) in [6.07, 6.45) is 1.13. The summed E-state index contributed by atoms with van der Waals surface area (Å²) in [7, 11) is 0. The molecule has 4 heteroatoms. The molecule has 20 heavy (non-hydrogen) atoms. The highest BCUT2D eigenvalue weighted by Crippen LogP contribution is 2.34. The van der Waals surface area contributed by atoms with Gasteiger partial charge in [0.25, 0.3) is 0 Å². The normalized spacial score (nSPS) is 33.7. The van der Waals surface area contributed by atoms with Crippen LogP contribution in [0.3, 0.4) is 0 Å². The first-order valence-electron chi connectivity index (χ1n) is 7.38. The quantitative estimate of drug-likeness (QED) is 0.850. The van der Waals surface area contributed by atoms with Gasteiger partial charge in [0.15, 0.2) is 0 Å². The highest BCUT2D eigenvalue weighted by Gasteiger charge is 2.41. The van der Waals surface area contributed by atoms with E-state index in [1.807, 2.05) is 30.3 Å². The summed E-state index contributed by atoms with van der Waals surface area (Å²) in [6.45, 7) is 5.37. The van der Waals surface area contributed by atoms with Crippen LogP contribution in [0.15, 0.2) is 30.3 Å². The Morgan fingerprint density at radius 2 is 2.10 bits per heavy atom. The lowest BCUT2D eigenvalue weighted by Gasteiger charge is -2.47. The molecule has 4 nitrogen and oxygen atoms in total. The van der Waals surface area contributed by atoms with Crippen LogP contribution in [0.1, 0.15) is 24.9 Å². The van der Waals surface area contributed by atoms with Gasteiger partial charge in [-0.2, -0.15) is 0 Å². The number of nitrogens with two attached hydrogens (primary N) is 1. The Balaban J connectivity index is 1.64. The predicted molar refractivity (Wildman–Crippen MR) is 77.0 cm³/mol. The van der Waals surface area contributed by atoms with Gasteiger partial charge in [-0.05, 0) is 24.4 Å². The van der Waals surface area contributed by atoms with Crippen molar-refractivity contribution in [3.8, 4) is 0 Å². The molecule has 0 radical (unpaired) electrons. The number of fused-ring (bicyclic) bond motifs is 3. The molecular weight excluding hydrogens is 252 g/mol. The first-order valence-corrected chi connectivity index (χ1v) is 7.38. The number of hydrogen-bond acceptors (Lipinski definition) is 4. The first-order chi connectivity index (χ1) is 9.65. The van der Waals surface area contributed by atoms with Crippen LogP contribution in [0, 0.1) is 11.8 Å². The molecule has 2 N–H and O–H groups in total. The van der Waals surface area contributed by atoms with Crippen LogP contribution in [-0.4, -0.2) is 36.6 Å². The molecule has 2 bridgehead atoms. The Labute approximate surface area is 119 Å². The molecule has 3 heterocycles. The second kappa shape index (κ2) is 5.54.